The monoisotopic (exact) mass is 355 g/mol. The minimum Gasteiger partial charge on any atom is -0.310 e. The Morgan fingerprint density at radius 2 is 2.10 bits per heavy atom. The number of nitrogens with one attached hydrogen (secondary N) is 1. The fourth-order valence-corrected chi connectivity index (χ4v) is 3.79. The van der Waals surface area contributed by atoms with E-state index in [2.05, 4.69) is 40.3 Å². The third-order valence-electron chi connectivity index (χ3n) is 3.29. The quantitative estimate of drug-likeness (QED) is 0.746. The largest absolute Gasteiger partial charge is 0.310 e. The summed E-state index contributed by atoms with van der Waals surface area (Å²) in [5.41, 5.74) is 2.19. The first-order chi connectivity index (χ1) is 9.60. The van der Waals surface area contributed by atoms with Crippen molar-refractivity contribution in [1.29, 1.82) is 0 Å². The number of halogens is 2. The maximum absolute atomic E-state index is 13.5. The van der Waals surface area contributed by atoms with Crippen LogP contribution in [-0.2, 0) is 6.42 Å². The van der Waals surface area contributed by atoms with Gasteiger partial charge in [0.05, 0.1) is 3.79 Å². The highest BCUT2D eigenvalue weighted by molar-refractivity contribution is 9.11. The Morgan fingerprint density at radius 3 is 2.75 bits per heavy atom. The minimum atomic E-state index is -0.166. The molecule has 0 amide bonds. The highest BCUT2D eigenvalue weighted by Gasteiger charge is 2.15. The number of rotatable bonds is 6. The van der Waals surface area contributed by atoms with Crippen molar-refractivity contribution >= 4 is 27.3 Å². The first-order valence-corrected chi connectivity index (χ1v) is 8.44. The van der Waals surface area contributed by atoms with Crippen LogP contribution in [0.4, 0.5) is 4.39 Å². The summed E-state index contributed by atoms with van der Waals surface area (Å²) in [6, 6.07) is 9.40. The fraction of sp³-hybridized carbons (Fsp3) is 0.375. The average Bonchev–Trinajstić information content (AvgIpc) is 2.83. The molecular weight excluding hydrogens is 337 g/mol. The molecule has 0 radical (unpaired) electrons. The first-order valence-electron chi connectivity index (χ1n) is 6.83. The predicted molar refractivity (Wildman–Crippen MR) is 87.9 cm³/mol. The van der Waals surface area contributed by atoms with Crippen molar-refractivity contribution in [2.24, 2.45) is 0 Å². The van der Waals surface area contributed by atoms with Crippen LogP contribution in [0.15, 0.2) is 34.1 Å². The van der Waals surface area contributed by atoms with Crippen molar-refractivity contribution in [1.82, 2.24) is 5.32 Å². The van der Waals surface area contributed by atoms with E-state index in [0.717, 1.165) is 34.3 Å². The fourth-order valence-electron chi connectivity index (χ4n) is 2.26. The van der Waals surface area contributed by atoms with Gasteiger partial charge in [0.15, 0.2) is 0 Å². The second-order valence-corrected chi connectivity index (χ2v) is 7.47. The van der Waals surface area contributed by atoms with E-state index >= 15 is 0 Å². The number of hydrogen-bond acceptors (Lipinski definition) is 2. The van der Waals surface area contributed by atoms with Crippen LogP contribution in [0.1, 0.15) is 35.4 Å². The van der Waals surface area contributed by atoms with Crippen LogP contribution in [0.5, 0.6) is 0 Å². The molecule has 4 heteroatoms. The molecule has 108 valence electrons. The lowest BCUT2D eigenvalue weighted by atomic mass is 9.98. The van der Waals surface area contributed by atoms with Crippen molar-refractivity contribution in [3.05, 3.63) is 55.9 Å². The van der Waals surface area contributed by atoms with Crippen LogP contribution >= 0.6 is 27.3 Å². The standard InChI is InChI=1S/C16H19BrFNS/c1-3-8-19-15(10-13-6-7-16(17)20-13)14-9-12(18)5-4-11(14)2/h4-7,9,15,19H,3,8,10H2,1-2H3. The summed E-state index contributed by atoms with van der Waals surface area (Å²) in [4.78, 5) is 1.30. The van der Waals surface area contributed by atoms with Crippen molar-refractivity contribution < 1.29 is 4.39 Å². The molecule has 0 saturated carbocycles. The lowest BCUT2D eigenvalue weighted by Crippen LogP contribution is -2.24. The van der Waals surface area contributed by atoms with Crippen molar-refractivity contribution in [2.75, 3.05) is 6.54 Å². The summed E-state index contributed by atoms with van der Waals surface area (Å²) in [5, 5.41) is 3.54. The van der Waals surface area contributed by atoms with Gasteiger partial charge in [-0.25, -0.2) is 4.39 Å². The van der Waals surface area contributed by atoms with E-state index in [0.29, 0.717) is 0 Å². The zero-order chi connectivity index (χ0) is 14.5. The van der Waals surface area contributed by atoms with E-state index in [4.69, 9.17) is 0 Å². The van der Waals surface area contributed by atoms with E-state index in [1.165, 1.54) is 10.9 Å². The molecule has 0 bridgehead atoms. The third-order valence-corrected chi connectivity index (χ3v) is 4.94. The van der Waals surface area contributed by atoms with Gasteiger partial charge in [0, 0.05) is 17.3 Å². The van der Waals surface area contributed by atoms with Crippen LogP contribution in [-0.4, -0.2) is 6.54 Å². The Kier molecular flexibility index (Phi) is 5.75. The van der Waals surface area contributed by atoms with E-state index < -0.39 is 0 Å². The normalized spacial score (nSPS) is 12.6. The summed E-state index contributed by atoms with van der Waals surface area (Å²) in [5.74, 6) is -0.166. The lowest BCUT2D eigenvalue weighted by molar-refractivity contribution is 0.524. The van der Waals surface area contributed by atoms with Crippen LogP contribution in [0, 0.1) is 12.7 Å². The molecule has 1 unspecified atom stereocenters. The number of hydrogen-bond donors (Lipinski definition) is 1. The summed E-state index contributed by atoms with van der Waals surface area (Å²) in [7, 11) is 0. The summed E-state index contributed by atoms with van der Waals surface area (Å²) >= 11 is 5.23. The molecule has 0 aliphatic carbocycles. The molecule has 1 N–H and O–H groups in total. The van der Waals surface area contributed by atoms with Crippen LogP contribution in [0.3, 0.4) is 0 Å². The maximum atomic E-state index is 13.5. The molecule has 1 aromatic carbocycles. The molecule has 20 heavy (non-hydrogen) atoms. The van der Waals surface area contributed by atoms with Gasteiger partial charge in [-0.15, -0.1) is 11.3 Å². The molecule has 0 aliphatic rings. The molecular formula is C16H19BrFNS. The van der Waals surface area contributed by atoms with Gasteiger partial charge in [-0.2, -0.15) is 0 Å². The van der Waals surface area contributed by atoms with Crippen molar-refractivity contribution in [3.8, 4) is 0 Å². The molecule has 2 aromatic rings. The zero-order valence-electron chi connectivity index (χ0n) is 11.7. The zero-order valence-corrected chi connectivity index (χ0v) is 14.2. The van der Waals surface area contributed by atoms with Crippen molar-refractivity contribution in [2.45, 2.75) is 32.7 Å². The summed E-state index contributed by atoms with van der Waals surface area (Å²) in [6.07, 6.45) is 1.96. The average molecular weight is 356 g/mol. The van der Waals surface area contributed by atoms with Crippen LogP contribution in [0.25, 0.3) is 0 Å². The smallest absolute Gasteiger partial charge is 0.123 e. The van der Waals surface area contributed by atoms with E-state index in [1.807, 2.05) is 13.0 Å². The van der Waals surface area contributed by atoms with E-state index in [9.17, 15) is 4.39 Å². The molecule has 1 nitrogen and oxygen atoms in total. The number of aryl methyl sites for hydroxylation is 1. The molecule has 1 heterocycles. The minimum absolute atomic E-state index is 0.163. The highest BCUT2D eigenvalue weighted by Crippen LogP contribution is 2.28. The van der Waals surface area contributed by atoms with Gasteiger partial charge in [-0.3, -0.25) is 0 Å². The third kappa shape index (κ3) is 4.14. The number of benzene rings is 1. The Morgan fingerprint density at radius 1 is 1.30 bits per heavy atom. The summed E-state index contributed by atoms with van der Waals surface area (Å²) in [6.45, 7) is 5.12. The molecule has 1 aromatic heterocycles. The van der Waals surface area contributed by atoms with E-state index in [1.54, 1.807) is 17.4 Å². The molecule has 0 fully saturated rings. The van der Waals surface area contributed by atoms with Gasteiger partial charge in [0.25, 0.3) is 0 Å². The Bertz CT molecular complexity index is 567. The molecule has 1 atom stereocenters. The Hall–Kier alpha value is -0.710. The van der Waals surface area contributed by atoms with Gasteiger partial charge >= 0.3 is 0 Å². The highest BCUT2D eigenvalue weighted by atomic mass is 79.9. The molecule has 0 aliphatic heterocycles. The molecule has 0 spiro atoms. The van der Waals surface area contributed by atoms with Gasteiger partial charge in [-0.05, 0) is 71.2 Å². The number of thiophene rings is 1. The maximum Gasteiger partial charge on any atom is 0.123 e. The van der Waals surface area contributed by atoms with Crippen LogP contribution < -0.4 is 5.32 Å². The topological polar surface area (TPSA) is 12.0 Å². The summed E-state index contributed by atoms with van der Waals surface area (Å²) < 4.78 is 14.7. The Labute approximate surface area is 132 Å². The molecule has 0 saturated heterocycles. The van der Waals surface area contributed by atoms with Crippen molar-refractivity contribution in [3.63, 3.8) is 0 Å². The van der Waals surface area contributed by atoms with E-state index in [-0.39, 0.29) is 11.9 Å². The van der Waals surface area contributed by atoms with Gasteiger partial charge < -0.3 is 5.32 Å². The molecule has 2 rings (SSSR count). The SMILES string of the molecule is CCCNC(Cc1ccc(Br)s1)c1cc(F)ccc1C. The Balaban J connectivity index is 2.24. The second-order valence-electron chi connectivity index (χ2n) is 4.92. The predicted octanol–water partition coefficient (Wildman–Crippen LogP) is 5.24. The van der Waals surface area contributed by atoms with Gasteiger partial charge in [-0.1, -0.05) is 13.0 Å². The van der Waals surface area contributed by atoms with Gasteiger partial charge in [0.1, 0.15) is 5.82 Å². The van der Waals surface area contributed by atoms with Crippen LogP contribution in [0.2, 0.25) is 0 Å². The second kappa shape index (κ2) is 7.34. The first kappa shape index (κ1) is 15.7. The van der Waals surface area contributed by atoms with Gasteiger partial charge in [0.2, 0.25) is 0 Å². The lowest BCUT2D eigenvalue weighted by Gasteiger charge is -2.20.